The van der Waals surface area contributed by atoms with E-state index in [9.17, 15) is 13.6 Å². The van der Waals surface area contributed by atoms with E-state index in [1.165, 1.54) is 31.4 Å². The summed E-state index contributed by atoms with van der Waals surface area (Å²) in [4.78, 5) is 10.1. The van der Waals surface area contributed by atoms with Gasteiger partial charge < -0.3 is 9.47 Å². The van der Waals surface area contributed by atoms with E-state index in [2.05, 4.69) is 4.74 Å². The number of rotatable bonds is 5. The molecular weight excluding hydrogens is 218 g/mol. The zero-order valence-electron chi connectivity index (χ0n) is 8.52. The molecule has 0 saturated carbocycles. The van der Waals surface area contributed by atoms with Gasteiger partial charge in [-0.1, -0.05) is 12.1 Å². The summed E-state index contributed by atoms with van der Waals surface area (Å²) in [6.07, 6.45) is 3.33. The topological polar surface area (TPSA) is 35.5 Å². The van der Waals surface area contributed by atoms with Crippen LogP contribution in [0, 0.1) is 0 Å². The maximum atomic E-state index is 12.1. The van der Waals surface area contributed by atoms with Gasteiger partial charge in [0.15, 0.2) is 11.5 Å². The Labute approximate surface area is 91.3 Å². The van der Waals surface area contributed by atoms with E-state index in [1.807, 2.05) is 0 Å². The van der Waals surface area contributed by atoms with Crippen molar-refractivity contribution in [2.45, 2.75) is 6.61 Å². The highest BCUT2D eigenvalue weighted by molar-refractivity contribution is 5.74. The lowest BCUT2D eigenvalue weighted by atomic mass is 10.2. The first-order chi connectivity index (χ1) is 7.67. The average Bonchev–Trinajstić information content (AvgIpc) is 2.26. The van der Waals surface area contributed by atoms with Gasteiger partial charge in [0.25, 0.3) is 0 Å². The Morgan fingerprint density at radius 1 is 1.31 bits per heavy atom. The summed E-state index contributed by atoms with van der Waals surface area (Å²) in [5, 5.41) is 0. The molecule has 16 heavy (non-hydrogen) atoms. The van der Waals surface area contributed by atoms with Crippen LogP contribution in [0.5, 0.6) is 11.5 Å². The van der Waals surface area contributed by atoms with E-state index < -0.39 is 6.61 Å². The van der Waals surface area contributed by atoms with Crippen LogP contribution in [-0.4, -0.2) is 20.0 Å². The molecule has 0 aliphatic rings. The van der Waals surface area contributed by atoms with Crippen molar-refractivity contribution >= 4 is 12.4 Å². The first-order valence-corrected chi connectivity index (χ1v) is 4.42. The van der Waals surface area contributed by atoms with Gasteiger partial charge in [0, 0.05) is 0 Å². The van der Waals surface area contributed by atoms with E-state index in [1.54, 1.807) is 6.07 Å². The van der Waals surface area contributed by atoms with Gasteiger partial charge in [-0.3, -0.25) is 4.79 Å². The highest BCUT2D eigenvalue weighted by atomic mass is 19.3. The Kier molecular flexibility index (Phi) is 4.44. The Morgan fingerprint density at radius 2 is 2.06 bits per heavy atom. The molecule has 0 bridgehead atoms. The first kappa shape index (κ1) is 12.2. The lowest BCUT2D eigenvalue weighted by molar-refractivity contribution is -0.104. The molecule has 0 atom stereocenters. The molecule has 3 nitrogen and oxygen atoms in total. The monoisotopic (exact) mass is 228 g/mol. The molecule has 1 aromatic rings. The van der Waals surface area contributed by atoms with Crippen LogP contribution in [0.15, 0.2) is 24.3 Å². The predicted molar refractivity (Wildman–Crippen MR) is 54.7 cm³/mol. The second-order valence-corrected chi connectivity index (χ2v) is 2.78. The number of hydrogen-bond donors (Lipinski definition) is 0. The van der Waals surface area contributed by atoms with E-state index in [0.29, 0.717) is 11.8 Å². The standard InChI is InChI=1S/C11H10F2O3/c1-15-9-5-4-8(3-2-6-14)7-10(9)16-11(12)13/h2-7,11H,1H3. The van der Waals surface area contributed by atoms with Crippen molar-refractivity contribution in [3.05, 3.63) is 29.8 Å². The van der Waals surface area contributed by atoms with Gasteiger partial charge in [-0.25, -0.2) is 0 Å². The third-order valence-electron chi connectivity index (χ3n) is 1.77. The van der Waals surface area contributed by atoms with Crippen LogP contribution in [0.2, 0.25) is 0 Å². The molecule has 0 unspecified atom stereocenters. The average molecular weight is 228 g/mol. The molecule has 0 aromatic heterocycles. The number of aldehydes is 1. The Hall–Kier alpha value is -1.91. The third kappa shape index (κ3) is 3.34. The van der Waals surface area contributed by atoms with Crippen LogP contribution < -0.4 is 9.47 Å². The number of hydrogen-bond acceptors (Lipinski definition) is 3. The Bertz CT molecular complexity index is 389. The van der Waals surface area contributed by atoms with E-state index in [0.717, 1.165) is 0 Å². The van der Waals surface area contributed by atoms with Gasteiger partial charge in [-0.2, -0.15) is 8.78 Å². The van der Waals surface area contributed by atoms with Gasteiger partial charge in [0.05, 0.1) is 7.11 Å². The number of ether oxygens (including phenoxy) is 2. The second kappa shape index (κ2) is 5.85. The number of allylic oxidation sites excluding steroid dienone is 1. The van der Waals surface area contributed by atoms with Crippen molar-refractivity contribution in [2.24, 2.45) is 0 Å². The van der Waals surface area contributed by atoms with Gasteiger partial charge in [-0.15, -0.1) is 0 Å². The third-order valence-corrected chi connectivity index (χ3v) is 1.77. The molecule has 0 saturated heterocycles. The quantitative estimate of drug-likeness (QED) is 0.573. The van der Waals surface area contributed by atoms with Crippen LogP contribution in [0.25, 0.3) is 6.08 Å². The zero-order chi connectivity index (χ0) is 12.0. The Balaban J connectivity index is 3.00. The summed E-state index contributed by atoms with van der Waals surface area (Å²) in [7, 11) is 1.36. The largest absolute Gasteiger partial charge is 0.493 e. The van der Waals surface area contributed by atoms with Crippen molar-refractivity contribution in [1.29, 1.82) is 0 Å². The van der Waals surface area contributed by atoms with Crippen LogP contribution >= 0.6 is 0 Å². The van der Waals surface area contributed by atoms with E-state index in [4.69, 9.17) is 4.74 Å². The molecule has 0 aliphatic heterocycles. The maximum absolute atomic E-state index is 12.1. The predicted octanol–water partition coefficient (Wildman–Crippen LogP) is 2.51. The van der Waals surface area contributed by atoms with E-state index in [-0.39, 0.29) is 11.5 Å². The van der Waals surface area contributed by atoms with Crippen LogP contribution in [0.3, 0.4) is 0 Å². The molecule has 0 radical (unpaired) electrons. The van der Waals surface area contributed by atoms with E-state index >= 15 is 0 Å². The van der Waals surface area contributed by atoms with Crippen LogP contribution in [-0.2, 0) is 4.79 Å². The number of methoxy groups -OCH3 is 1. The summed E-state index contributed by atoms with van der Waals surface area (Å²) in [5.74, 6) is 0.147. The van der Waals surface area contributed by atoms with Gasteiger partial charge in [-0.05, 0) is 23.8 Å². The van der Waals surface area contributed by atoms with Crippen molar-refractivity contribution in [3.8, 4) is 11.5 Å². The fraction of sp³-hybridized carbons (Fsp3) is 0.182. The number of benzene rings is 1. The highest BCUT2D eigenvalue weighted by Gasteiger charge is 2.10. The Morgan fingerprint density at radius 3 is 2.62 bits per heavy atom. The number of carbonyl (C=O) groups is 1. The fourth-order valence-corrected chi connectivity index (χ4v) is 1.14. The minimum absolute atomic E-state index is 0.0643. The summed E-state index contributed by atoms with van der Waals surface area (Å²) in [6.45, 7) is -2.92. The molecule has 0 heterocycles. The molecule has 1 rings (SSSR count). The molecule has 0 spiro atoms. The molecule has 0 amide bonds. The molecule has 0 N–H and O–H groups in total. The molecule has 86 valence electrons. The zero-order valence-corrected chi connectivity index (χ0v) is 8.52. The summed E-state index contributed by atoms with van der Waals surface area (Å²) < 4.78 is 33.3. The smallest absolute Gasteiger partial charge is 0.387 e. The van der Waals surface area contributed by atoms with Crippen molar-refractivity contribution in [1.82, 2.24) is 0 Å². The van der Waals surface area contributed by atoms with Crippen molar-refractivity contribution < 1.29 is 23.0 Å². The lowest BCUT2D eigenvalue weighted by Gasteiger charge is -2.10. The SMILES string of the molecule is COc1ccc(C=CC=O)cc1OC(F)F. The van der Waals surface area contributed by atoms with Gasteiger partial charge in [0.2, 0.25) is 0 Å². The number of halogens is 2. The van der Waals surface area contributed by atoms with Crippen LogP contribution in [0.4, 0.5) is 8.78 Å². The molecule has 5 heteroatoms. The molecule has 0 fully saturated rings. The minimum atomic E-state index is -2.92. The highest BCUT2D eigenvalue weighted by Crippen LogP contribution is 2.29. The fourth-order valence-electron chi connectivity index (χ4n) is 1.14. The number of carbonyl (C=O) groups excluding carboxylic acids is 1. The van der Waals surface area contributed by atoms with Crippen LogP contribution in [0.1, 0.15) is 5.56 Å². The van der Waals surface area contributed by atoms with Crippen molar-refractivity contribution in [2.75, 3.05) is 7.11 Å². The normalized spacial score (nSPS) is 10.8. The lowest BCUT2D eigenvalue weighted by Crippen LogP contribution is -2.03. The molecule has 0 aliphatic carbocycles. The summed E-state index contributed by atoms with van der Waals surface area (Å²) in [6, 6.07) is 4.48. The number of alkyl halides is 2. The minimum Gasteiger partial charge on any atom is -0.493 e. The van der Waals surface area contributed by atoms with Gasteiger partial charge >= 0.3 is 6.61 Å². The second-order valence-electron chi connectivity index (χ2n) is 2.78. The summed E-state index contributed by atoms with van der Waals surface area (Å²) >= 11 is 0. The maximum Gasteiger partial charge on any atom is 0.387 e. The molecule has 1 aromatic carbocycles. The van der Waals surface area contributed by atoms with Gasteiger partial charge in [0.1, 0.15) is 6.29 Å². The first-order valence-electron chi connectivity index (χ1n) is 4.42. The van der Waals surface area contributed by atoms with Crippen molar-refractivity contribution in [3.63, 3.8) is 0 Å². The molecular formula is C11H10F2O3. The summed E-state index contributed by atoms with van der Waals surface area (Å²) in [5.41, 5.74) is 0.573.